The fraction of sp³-hybridized carbons (Fsp3) is 0.217. The third-order valence-corrected chi connectivity index (χ3v) is 6.17. The van der Waals surface area contributed by atoms with Crippen LogP contribution in [0.25, 0.3) is 5.76 Å². The van der Waals surface area contributed by atoms with Gasteiger partial charge in [-0.1, -0.05) is 41.2 Å². The molecule has 3 aromatic rings. The molecule has 1 saturated heterocycles. The van der Waals surface area contributed by atoms with Crippen molar-refractivity contribution in [3.8, 4) is 0 Å². The molecular weight excluding hydrogens is 432 g/mol. The average molecular weight is 452 g/mol. The molecule has 1 atom stereocenters. The molecular formula is C23H20N2O6S. The molecule has 1 N–H and O–H groups in total. The number of benzene rings is 1. The minimum absolute atomic E-state index is 0.112. The van der Waals surface area contributed by atoms with Gasteiger partial charge in [0.2, 0.25) is 0 Å². The summed E-state index contributed by atoms with van der Waals surface area (Å²) in [6.07, 6.45) is 1.42. The molecule has 9 heteroatoms. The summed E-state index contributed by atoms with van der Waals surface area (Å²) >= 11 is 0.944. The van der Waals surface area contributed by atoms with Crippen molar-refractivity contribution >= 4 is 39.9 Å². The quantitative estimate of drug-likeness (QED) is 0.268. The van der Waals surface area contributed by atoms with E-state index in [4.69, 9.17) is 9.15 Å². The fourth-order valence-electron chi connectivity index (χ4n) is 3.48. The number of amides is 1. The number of hydrogen-bond donors (Lipinski definition) is 1. The highest BCUT2D eigenvalue weighted by molar-refractivity contribution is 7.17. The van der Waals surface area contributed by atoms with Gasteiger partial charge in [-0.05, 0) is 32.9 Å². The smallest absolute Gasteiger partial charge is 0.350 e. The Bertz CT molecular complexity index is 1220. The van der Waals surface area contributed by atoms with Crippen LogP contribution in [0, 0.1) is 13.8 Å². The molecule has 32 heavy (non-hydrogen) atoms. The Morgan fingerprint density at radius 3 is 2.56 bits per heavy atom. The highest BCUT2D eigenvalue weighted by Gasteiger charge is 2.49. The van der Waals surface area contributed by atoms with Crippen LogP contribution < -0.4 is 4.90 Å². The Labute approximate surface area is 187 Å². The summed E-state index contributed by atoms with van der Waals surface area (Å²) in [5.41, 5.74) is 1.64. The van der Waals surface area contributed by atoms with Gasteiger partial charge in [0.1, 0.15) is 22.4 Å². The Balaban J connectivity index is 1.87. The number of aliphatic hydroxyl groups excluding tert-OH is 1. The molecule has 0 spiro atoms. The predicted octanol–water partition coefficient (Wildman–Crippen LogP) is 4.16. The van der Waals surface area contributed by atoms with Crippen LogP contribution in [-0.4, -0.2) is 34.4 Å². The first-order chi connectivity index (χ1) is 15.3. The first kappa shape index (κ1) is 21.5. The predicted molar refractivity (Wildman–Crippen MR) is 117 cm³/mol. The summed E-state index contributed by atoms with van der Waals surface area (Å²) in [6.45, 7) is 5.41. The monoisotopic (exact) mass is 452 g/mol. The third-order valence-electron chi connectivity index (χ3n) is 5.03. The van der Waals surface area contributed by atoms with Crippen LogP contribution in [0.3, 0.4) is 0 Å². The summed E-state index contributed by atoms with van der Waals surface area (Å²) in [7, 11) is 0. The number of carbonyl (C=O) groups is 3. The van der Waals surface area contributed by atoms with E-state index in [2.05, 4.69) is 4.98 Å². The van der Waals surface area contributed by atoms with E-state index in [1.54, 1.807) is 50.2 Å². The zero-order valence-electron chi connectivity index (χ0n) is 17.6. The van der Waals surface area contributed by atoms with Crippen molar-refractivity contribution < 1.29 is 28.6 Å². The molecule has 0 bridgehead atoms. The number of Topliss-reactive ketones (excluding diaryl/α,β-unsaturated/α-hetero) is 1. The van der Waals surface area contributed by atoms with Gasteiger partial charge in [0.25, 0.3) is 5.78 Å². The first-order valence-electron chi connectivity index (χ1n) is 9.89. The number of aromatic nitrogens is 1. The van der Waals surface area contributed by atoms with Crippen LogP contribution >= 0.6 is 11.3 Å². The molecule has 164 valence electrons. The second-order valence-corrected chi connectivity index (χ2v) is 8.16. The highest BCUT2D eigenvalue weighted by Crippen LogP contribution is 2.44. The van der Waals surface area contributed by atoms with Gasteiger partial charge in [-0.25, -0.2) is 9.78 Å². The summed E-state index contributed by atoms with van der Waals surface area (Å²) in [6, 6.07) is 9.13. The van der Waals surface area contributed by atoms with Crippen LogP contribution in [-0.2, 0) is 14.3 Å². The van der Waals surface area contributed by atoms with Crippen molar-refractivity contribution in [2.24, 2.45) is 0 Å². The number of furan rings is 1. The van der Waals surface area contributed by atoms with Crippen molar-refractivity contribution in [2.45, 2.75) is 26.8 Å². The molecule has 0 aliphatic carbocycles. The van der Waals surface area contributed by atoms with Gasteiger partial charge in [0.05, 0.1) is 24.1 Å². The van der Waals surface area contributed by atoms with E-state index >= 15 is 0 Å². The van der Waals surface area contributed by atoms with Crippen molar-refractivity contribution in [1.82, 2.24) is 4.98 Å². The number of nitrogens with zero attached hydrogens (tertiary/aromatic N) is 2. The SMILES string of the molecule is CCOC(=O)c1sc(N2C(=O)C(=O)/C(=C(/O)c3ccc(C)cc3)[C@H]2c2ccco2)nc1C. The molecule has 3 heterocycles. The average Bonchev–Trinajstić information content (AvgIpc) is 3.48. The van der Waals surface area contributed by atoms with E-state index < -0.39 is 23.7 Å². The van der Waals surface area contributed by atoms with Crippen molar-refractivity contribution in [3.63, 3.8) is 0 Å². The second kappa shape index (κ2) is 8.43. The van der Waals surface area contributed by atoms with Crippen LogP contribution in [0.1, 0.15) is 45.2 Å². The number of thiazole rings is 1. The molecule has 1 fully saturated rings. The second-order valence-electron chi connectivity index (χ2n) is 7.18. The number of aliphatic hydroxyl groups is 1. The minimum Gasteiger partial charge on any atom is -0.507 e. The van der Waals surface area contributed by atoms with Gasteiger partial charge in [-0.3, -0.25) is 14.5 Å². The lowest BCUT2D eigenvalue weighted by atomic mass is 9.99. The standard InChI is InChI=1S/C23H20N2O6S/c1-4-30-22(29)20-13(3)24-23(32-20)25-17(15-6-5-11-31-15)16(19(27)21(25)28)18(26)14-9-7-12(2)8-10-14/h5-11,17,26H,4H2,1-3H3/b18-16+/t17-/m1/s1. The van der Waals surface area contributed by atoms with Crippen molar-refractivity contribution in [3.05, 3.63) is 75.7 Å². The number of hydrogen-bond acceptors (Lipinski definition) is 8. The maximum Gasteiger partial charge on any atom is 0.350 e. The Morgan fingerprint density at radius 1 is 1.22 bits per heavy atom. The molecule has 1 aliphatic heterocycles. The van der Waals surface area contributed by atoms with Gasteiger partial charge >= 0.3 is 11.9 Å². The topological polar surface area (TPSA) is 110 Å². The van der Waals surface area contributed by atoms with E-state index in [-0.39, 0.29) is 33.7 Å². The molecule has 0 saturated carbocycles. The number of ether oxygens (including phenoxy) is 1. The van der Waals surface area contributed by atoms with Crippen molar-refractivity contribution in [1.29, 1.82) is 0 Å². The number of esters is 1. The zero-order valence-corrected chi connectivity index (χ0v) is 18.4. The number of rotatable bonds is 5. The van der Waals surface area contributed by atoms with Crippen LogP contribution in [0.15, 0.2) is 52.7 Å². The number of ketones is 1. The maximum atomic E-state index is 13.1. The lowest BCUT2D eigenvalue weighted by molar-refractivity contribution is -0.132. The van der Waals surface area contributed by atoms with E-state index in [0.717, 1.165) is 21.8 Å². The summed E-state index contributed by atoms with van der Waals surface area (Å²) in [5.74, 6) is -2.33. The Kier molecular flexibility index (Phi) is 5.67. The van der Waals surface area contributed by atoms with Gasteiger partial charge in [-0.15, -0.1) is 0 Å². The summed E-state index contributed by atoms with van der Waals surface area (Å²) in [4.78, 5) is 44.1. The summed E-state index contributed by atoms with van der Waals surface area (Å²) < 4.78 is 10.6. The Morgan fingerprint density at radius 2 is 1.94 bits per heavy atom. The highest BCUT2D eigenvalue weighted by atomic mass is 32.1. The van der Waals surface area contributed by atoms with E-state index in [9.17, 15) is 19.5 Å². The van der Waals surface area contributed by atoms with Gasteiger partial charge in [0.15, 0.2) is 5.13 Å². The third kappa shape index (κ3) is 3.60. The zero-order chi connectivity index (χ0) is 23.0. The number of anilines is 1. The first-order valence-corrected chi connectivity index (χ1v) is 10.7. The lowest BCUT2D eigenvalue weighted by Crippen LogP contribution is -2.29. The van der Waals surface area contributed by atoms with Crippen molar-refractivity contribution in [2.75, 3.05) is 11.5 Å². The van der Waals surface area contributed by atoms with Gasteiger partial charge < -0.3 is 14.3 Å². The van der Waals surface area contributed by atoms with Crippen LogP contribution in [0.2, 0.25) is 0 Å². The molecule has 1 amide bonds. The Hall–Kier alpha value is -3.72. The lowest BCUT2D eigenvalue weighted by Gasteiger charge is -2.20. The molecule has 0 unspecified atom stereocenters. The number of carbonyl (C=O) groups excluding carboxylic acids is 3. The molecule has 0 radical (unpaired) electrons. The molecule has 1 aliphatic rings. The van der Waals surface area contributed by atoms with Gasteiger partial charge in [0, 0.05) is 5.56 Å². The molecule has 4 rings (SSSR count). The van der Waals surface area contributed by atoms with Gasteiger partial charge in [-0.2, -0.15) is 0 Å². The van der Waals surface area contributed by atoms with E-state index in [1.807, 2.05) is 6.92 Å². The van der Waals surface area contributed by atoms with E-state index in [0.29, 0.717) is 11.3 Å². The minimum atomic E-state index is -1.04. The molecule has 8 nitrogen and oxygen atoms in total. The normalized spacial score (nSPS) is 17.7. The van der Waals surface area contributed by atoms with E-state index in [1.165, 1.54) is 6.26 Å². The largest absolute Gasteiger partial charge is 0.507 e. The molecule has 2 aromatic heterocycles. The van der Waals surface area contributed by atoms with Crippen LogP contribution in [0.4, 0.5) is 5.13 Å². The number of aryl methyl sites for hydroxylation is 2. The van der Waals surface area contributed by atoms with Crippen LogP contribution in [0.5, 0.6) is 0 Å². The summed E-state index contributed by atoms with van der Waals surface area (Å²) in [5, 5.41) is 11.1. The fourth-order valence-corrected chi connectivity index (χ4v) is 4.47. The maximum absolute atomic E-state index is 13.1. The molecule has 1 aromatic carbocycles.